The quantitative estimate of drug-likeness (QED) is 0.722. The average Bonchev–Trinajstić information content (AvgIpc) is 2.79. The number of nitrogens with zero attached hydrogens (tertiary/aromatic N) is 2. The summed E-state index contributed by atoms with van der Waals surface area (Å²) in [6.07, 6.45) is 4.82. The van der Waals surface area contributed by atoms with Crippen molar-refractivity contribution < 1.29 is 14.3 Å². The van der Waals surface area contributed by atoms with Crippen LogP contribution in [0.3, 0.4) is 0 Å². The lowest BCUT2D eigenvalue weighted by molar-refractivity contribution is -0.122. The zero-order valence-corrected chi connectivity index (χ0v) is 11.5. The van der Waals surface area contributed by atoms with Crippen molar-refractivity contribution >= 4 is 12.0 Å². The van der Waals surface area contributed by atoms with Crippen LogP contribution in [-0.4, -0.2) is 41.5 Å². The molecule has 0 bridgehead atoms. The number of nitrogens with one attached hydrogen (secondary N) is 2. The summed E-state index contributed by atoms with van der Waals surface area (Å²) < 4.78 is 6.16. The maximum absolute atomic E-state index is 11.6. The fourth-order valence-electron chi connectivity index (χ4n) is 1.56. The van der Waals surface area contributed by atoms with Gasteiger partial charge in [-0.15, -0.1) is 0 Å². The molecule has 0 unspecified atom stereocenters. The van der Waals surface area contributed by atoms with Gasteiger partial charge in [-0.3, -0.25) is 9.48 Å². The van der Waals surface area contributed by atoms with E-state index in [9.17, 15) is 9.59 Å². The molecule has 19 heavy (non-hydrogen) atoms. The van der Waals surface area contributed by atoms with Crippen molar-refractivity contribution in [2.45, 2.75) is 25.8 Å². The van der Waals surface area contributed by atoms with Gasteiger partial charge in [-0.05, 0) is 25.3 Å². The first-order valence-electron chi connectivity index (χ1n) is 6.12. The number of aryl methyl sites for hydroxylation is 2. The minimum atomic E-state index is -0.613. The molecule has 1 atom stereocenters. The number of hydrogen-bond donors (Lipinski definition) is 2. The summed E-state index contributed by atoms with van der Waals surface area (Å²) >= 11 is 0. The third kappa shape index (κ3) is 5.41. The van der Waals surface area contributed by atoms with Gasteiger partial charge in [-0.25, -0.2) is 4.79 Å². The Labute approximate surface area is 112 Å². The molecule has 0 aliphatic rings. The largest absolute Gasteiger partial charge is 0.453 e. The molecule has 7 nitrogen and oxygen atoms in total. The maximum Gasteiger partial charge on any atom is 0.407 e. The first-order valence-corrected chi connectivity index (χ1v) is 6.12. The fraction of sp³-hybridized carbons (Fsp3) is 0.583. The molecule has 0 radical (unpaired) electrons. The molecule has 1 aromatic heterocycles. The molecule has 2 amide bonds. The lowest BCUT2D eigenvalue weighted by atomic mass is 10.2. The van der Waals surface area contributed by atoms with E-state index < -0.39 is 12.1 Å². The number of aromatic nitrogens is 2. The molecular formula is C12H20N4O3. The van der Waals surface area contributed by atoms with Gasteiger partial charge in [0.05, 0.1) is 13.3 Å². The second-order valence-corrected chi connectivity index (χ2v) is 4.27. The number of hydrogen-bond acceptors (Lipinski definition) is 4. The zero-order chi connectivity index (χ0) is 14.3. The average molecular weight is 268 g/mol. The first-order chi connectivity index (χ1) is 9.02. The van der Waals surface area contributed by atoms with Gasteiger partial charge in [-0.1, -0.05) is 0 Å². The Hall–Kier alpha value is -2.05. The normalized spacial score (nSPS) is 11.7. The van der Waals surface area contributed by atoms with Crippen molar-refractivity contribution in [3.8, 4) is 0 Å². The topological polar surface area (TPSA) is 85.2 Å². The van der Waals surface area contributed by atoms with E-state index in [0.717, 1.165) is 18.4 Å². The number of carbonyl (C=O) groups excluding carboxylic acids is 2. The Morgan fingerprint density at radius 2 is 2.26 bits per heavy atom. The monoisotopic (exact) mass is 268 g/mol. The highest BCUT2D eigenvalue weighted by molar-refractivity contribution is 5.85. The van der Waals surface area contributed by atoms with Crippen LogP contribution in [0.2, 0.25) is 0 Å². The summed E-state index contributed by atoms with van der Waals surface area (Å²) in [6, 6.07) is -0.606. The van der Waals surface area contributed by atoms with Crippen LogP contribution in [-0.2, 0) is 23.0 Å². The standard InChI is InChI=1S/C12H20N4O3/c1-9(15-12(18)19-3)11(17)13-6-4-5-10-7-14-16(2)8-10/h7-9H,4-6H2,1-3H3,(H,13,17)(H,15,18)/t9-/m1/s1. The van der Waals surface area contributed by atoms with Crippen LogP contribution in [0.1, 0.15) is 18.9 Å². The third-order valence-electron chi connectivity index (χ3n) is 2.61. The van der Waals surface area contributed by atoms with Crippen LogP contribution in [0.4, 0.5) is 4.79 Å². The van der Waals surface area contributed by atoms with Gasteiger partial charge in [0.2, 0.25) is 5.91 Å². The number of rotatable bonds is 6. The molecule has 0 aliphatic heterocycles. The number of methoxy groups -OCH3 is 1. The Bertz CT molecular complexity index is 430. The van der Waals surface area contributed by atoms with E-state index in [0.29, 0.717) is 6.54 Å². The van der Waals surface area contributed by atoms with E-state index in [4.69, 9.17) is 0 Å². The van der Waals surface area contributed by atoms with Crippen molar-refractivity contribution in [3.05, 3.63) is 18.0 Å². The maximum atomic E-state index is 11.6. The van der Waals surface area contributed by atoms with Crippen LogP contribution in [0.5, 0.6) is 0 Å². The second kappa shape index (κ2) is 7.40. The zero-order valence-electron chi connectivity index (χ0n) is 11.5. The molecule has 7 heteroatoms. The molecule has 0 fully saturated rings. The molecule has 0 spiro atoms. The molecule has 0 saturated carbocycles. The summed E-state index contributed by atoms with van der Waals surface area (Å²) in [5, 5.41) is 9.23. The van der Waals surface area contributed by atoms with Crippen LogP contribution < -0.4 is 10.6 Å². The molecule has 1 aromatic rings. The molecule has 2 N–H and O–H groups in total. The van der Waals surface area contributed by atoms with Gasteiger partial charge < -0.3 is 15.4 Å². The Morgan fingerprint density at radius 3 is 2.84 bits per heavy atom. The van der Waals surface area contributed by atoms with Gasteiger partial charge in [0.15, 0.2) is 0 Å². The highest BCUT2D eigenvalue weighted by Gasteiger charge is 2.14. The minimum Gasteiger partial charge on any atom is -0.453 e. The highest BCUT2D eigenvalue weighted by atomic mass is 16.5. The second-order valence-electron chi connectivity index (χ2n) is 4.27. The van der Waals surface area contributed by atoms with Gasteiger partial charge in [0, 0.05) is 19.8 Å². The molecule has 1 rings (SSSR count). The van der Waals surface area contributed by atoms with Crippen LogP contribution >= 0.6 is 0 Å². The Kier molecular flexibility index (Phi) is 5.84. The number of carbonyl (C=O) groups is 2. The molecule has 0 aliphatic carbocycles. The van der Waals surface area contributed by atoms with E-state index in [1.807, 2.05) is 19.4 Å². The third-order valence-corrected chi connectivity index (χ3v) is 2.61. The van der Waals surface area contributed by atoms with Crippen molar-refractivity contribution in [1.29, 1.82) is 0 Å². The summed E-state index contributed by atoms with van der Waals surface area (Å²) in [5.74, 6) is -0.225. The van der Waals surface area contributed by atoms with Gasteiger partial charge in [0.1, 0.15) is 6.04 Å². The van der Waals surface area contributed by atoms with Crippen molar-refractivity contribution in [2.24, 2.45) is 7.05 Å². The van der Waals surface area contributed by atoms with E-state index in [-0.39, 0.29) is 5.91 Å². The van der Waals surface area contributed by atoms with E-state index in [2.05, 4.69) is 20.5 Å². The van der Waals surface area contributed by atoms with Gasteiger partial charge in [-0.2, -0.15) is 5.10 Å². The molecule has 1 heterocycles. The number of amides is 2. The first kappa shape index (κ1) is 15.0. The van der Waals surface area contributed by atoms with Crippen molar-refractivity contribution in [2.75, 3.05) is 13.7 Å². The number of alkyl carbamates (subject to hydrolysis) is 1. The lowest BCUT2D eigenvalue weighted by Crippen LogP contribution is -2.45. The number of ether oxygens (including phenoxy) is 1. The summed E-state index contributed by atoms with van der Waals surface area (Å²) in [4.78, 5) is 22.5. The smallest absolute Gasteiger partial charge is 0.407 e. The predicted octanol–water partition coefficient (Wildman–Crippen LogP) is 0.213. The fourth-order valence-corrected chi connectivity index (χ4v) is 1.56. The van der Waals surface area contributed by atoms with Gasteiger partial charge in [0.25, 0.3) is 0 Å². The van der Waals surface area contributed by atoms with E-state index in [1.165, 1.54) is 7.11 Å². The molecule has 0 saturated heterocycles. The van der Waals surface area contributed by atoms with Crippen LogP contribution in [0.25, 0.3) is 0 Å². The predicted molar refractivity (Wildman–Crippen MR) is 69.5 cm³/mol. The van der Waals surface area contributed by atoms with Crippen LogP contribution in [0.15, 0.2) is 12.4 Å². The molecule has 106 valence electrons. The Morgan fingerprint density at radius 1 is 1.53 bits per heavy atom. The summed E-state index contributed by atoms with van der Waals surface area (Å²) in [5.41, 5.74) is 1.14. The van der Waals surface area contributed by atoms with Crippen molar-refractivity contribution in [1.82, 2.24) is 20.4 Å². The van der Waals surface area contributed by atoms with Crippen molar-refractivity contribution in [3.63, 3.8) is 0 Å². The van der Waals surface area contributed by atoms with E-state index >= 15 is 0 Å². The SMILES string of the molecule is COC(=O)N[C@H](C)C(=O)NCCCc1cnn(C)c1. The highest BCUT2D eigenvalue weighted by Crippen LogP contribution is 1.99. The summed E-state index contributed by atoms with van der Waals surface area (Å²) in [6.45, 7) is 2.16. The van der Waals surface area contributed by atoms with Crippen LogP contribution in [0, 0.1) is 0 Å². The van der Waals surface area contributed by atoms with E-state index in [1.54, 1.807) is 11.6 Å². The molecule has 0 aromatic carbocycles. The van der Waals surface area contributed by atoms with Gasteiger partial charge >= 0.3 is 6.09 Å². The minimum absolute atomic E-state index is 0.225. The lowest BCUT2D eigenvalue weighted by Gasteiger charge is -2.12. The Balaban J connectivity index is 2.18. The summed E-state index contributed by atoms with van der Waals surface area (Å²) in [7, 11) is 3.12. The molecular weight excluding hydrogens is 248 g/mol.